The molecule has 4 aromatic carbocycles. The summed E-state index contributed by atoms with van der Waals surface area (Å²) in [4.78, 5) is 0. The summed E-state index contributed by atoms with van der Waals surface area (Å²) < 4.78 is 8.26. The Hall–Kier alpha value is -4.11. The van der Waals surface area contributed by atoms with Gasteiger partial charge in [0.2, 0.25) is 0 Å². The van der Waals surface area contributed by atoms with E-state index >= 15 is 0 Å². The first kappa shape index (κ1) is 28.0. The quantitative estimate of drug-likeness (QED) is 0.131. The van der Waals surface area contributed by atoms with Crippen LogP contribution >= 0.6 is 24.2 Å². The minimum Gasteiger partial charge on any atom is -0.309 e. The number of para-hydroxylation sites is 2. The smallest absolute Gasteiger partial charge is 0.138 e. The molecule has 0 bridgehead atoms. The van der Waals surface area contributed by atoms with Gasteiger partial charge in [0.15, 0.2) is 0 Å². The SMILES string of the molecule is C=C/C(=C\CC)N1C(=C)/C(=C\C=C(/C)Br)N(c2ccc3c(c2)c2ccccc2n3-c2ccccc2)P1c1ccccc1. The summed E-state index contributed by atoms with van der Waals surface area (Å²) >= 11 is 3.63. The van der Waals surface area contributed by atoms with Gasteiger partial charge in [0, 0.05) is 33.1 Å². The van der Waals surface area contributed by atoms with Crippen molar-refractivity contribution in [1.29, 1.82) is 0 Å². The molecule has 0 N–H and O–H groups in total. The fourth-order valence-corrected chi connectivity index (χ4v) is 8.27. The number of nitrogens with zero attached hydrogens (tertiary/aromatic N) is 3. The topological polar surface area (TPSA) is 11.4 Å². The van der Waals surface area contributed by atoms with E-state index in [1.165, 1.54) is 27.1 Å². The van der Waals surface area contributed by atoms with Gasteiger partial charge in [-0.3, -0.25) is 9.34 Å². The molecule has 42 heavy (non-hydrogen) atoms. The fourth-order valence-electron chi connectivity index (χ4n) is 5.62. The summed E-state index contributed by atoms with van der Waals surface area (Å²) in [7, 11) is -1.04. The molecule has 1 atom stereocenters. The molecule has 3 nitrogen and oxygen atoms in total. The van der Waals surface area contributed by atoms with E-state index in [0.717, 1.165) is 39.4 Å². The lowest BCUT2D eigenvalue weighted by Gasteiger charge is -2.32. The number of benzene rings is 4. The molecule has 1 unspecified atom stereocenters. The van der Waals surface area contributed by atoms with Crippen molar-refractivity contribution in [1.82, 2.24) is 9.24 Å². The Morgan fingerprint density at radius 3 is 2.19 bits per heavy atom. The van der Waals surface area contributed by atoms with Crippen molar-refractivity contribution in [2.75, 3.05) is 4.67 Å². The third-order valence-corrected chi connectivity index (χ3v) is 10.1. The van der Waals surface area contributed by atoms with Gasteiger partial charge in [0.05, 0.1) is 22.4 Å². The summed E-state index contributed by atoms with van der Waals surface area (Å²) in [6, 6.07) is 36.9. The molecule has 1 aliphatic heterocycles. The van der Waals surface area contributed by atoms with Crippen molar-refractivity contribution in [3.8, 4) is 5.69 Å². The molecule has 0 amide bonds. The fraction of sp³-hybridized carbons (Fsp3) is 0.0811. The van der Waals surface area contributed by atoms with Gasteiger partial charge in [-0.05, 0) is 66.4 Å². The highest BCUT2D eigenvalue weighted by atomic mass is 79.9. The molecule has 5 aromatic rings. The zero-order valence-electron chi connectivity index (χ0n) is 23.9. The predicted molar refractivity (Wildman–Crippen MR) is 187 cm³/mol. The average Bonchev–Trinajstić information content (AvgIpc) is 3.51. The van der Waals surface area contributed by atoms with Crippen LogP contribution in [0.3, 0.4) is 0 Å². The monoisotopic (exact) mass is 629 g/mol. The molecular weight excluding hydrogens is 597 g/mol. The van der Waals surface area contributed by atoms with Gasteiger partial charge in [-0.25, -0.2) is 0 Å². The second-order valence-corrected chi connectivity index (χ2v) is 13.3. The zero-order valence-corrected chi connectivity index (χ0v) is 26.4. The molecule has 0 spiro atoms. The molecule has 1 aliphatic rings. The van der Waals surface area contributed by atoms with Gasteiger partial charge in [-0.15, -0.1) is 0 Å². The number of anilines is 1. The lowest BCUT2D eigenvalue weighted by Crippen LogP contribution is -2.22. The maximum absolute atomic E-state index is 4.65. The minimum atomic E-state index is -1.04. The van der Waals surface area contributed by atoms with E-state index in [1.807, 2.05) is 13.0 Å². The van der Waals surface area contributed by atoms with Crippen LogP contribution in [0.15, 0.2) is 162 Å². The van der Waals surface area contributed by atoms with Gasteiger partial charge >= 0.3 is 0 Å². The van der Waals surface area contributed by atoms with Crippen LogP contribution in [-0.4, -0.2) is 9.24 Å². The van der Waals surface area contributed by atoms with Crippen LogP contribution < -0.4 is 9.97 Å². The number of hydrogen-bond acceptors (Lipinski definition) is 2. The lowest BCUT2D eigenvalue weighted by atomic mass is 10.1. The Morgan fingerprint density at radius 1 is 0.833 bits per heavy atom. The zero-order chi connectivity index (χ0) is 29.2. The molecule has 0 radical (unpaired) electrons. The average molecular weight is 631 g/mol. The highest BCUT2D eigenvalue weighted by molar-refractivity contribution is 9.11. The Balaban J connectivity index is 1.63. The number of aromatic nitrogens is 1. The van der Waals surface area contributed by atoms with Gasteiger partial charge in [0.25, 0.3) is 0 Å². The number of allylic oxidation sites excluding steroid dienone is 5. The molecule has 5 heteroatoms. The number of rotatable bonds is 7. The van der Waals surface area contributed by atoms with Gasteiger partial charge in [-0.1, -0.05) is 115 Å². The van der Waals surface area contributed by atoms with Crippen LogP contribution in [0, 0.1) is 0 Å². The summed E-state index contributed by atoms with van der Waals surface area (Å²) in [5.41, 5.74) is 7.77. The number of fused-ring (bicyclic) bond motifs is 3. The Morgan fingerprint density at radius 2 is 1.50 bits per heavy atom. The van der Waals surface area contributed by atoms with E-state index in [1.54, 1.807) is 0 Å². The normalized spacial score (nSPS) is 17.2. The van der Waals surface area contributed by atoms with Gasteiger partial charge in [0.1, 0.15) is 8.22 Å². The summed E-state index contributed by atoms with van der Waals surface area (Å²) in [5.74, 6) is 0. The number of hydrogen-bond donors (Lipinski definition) is 0. The molecular formula is C37H33BrN3P. The van der Waals surface area contributed by atoms with Crippen LogP contribution in [0.2, 0.25) is 0 Å². The van der Waals surface area contributed by atoms with Crippen LogP contribution in [0.5, 0.6) is 0 Å². The van der Waals surface area contributed by atoms with E-state index in [9.17, 15) is 0 Å². The van der Waals surface area contributed by atoms with E-state index in [2.05, 4.69) is 171 Å². The maximum atomic E-state index is 4.65. The lowest BCUT2D eigenvalue weighted by molar-refractivity contribution is 0.743. The summed E-state index contributed by atoms with van der Waals surface area (Å²) in [6.45, 7) is 13.0. The van der Waals surface area contributed by atoms with Crippen molar-refractivity contribution < 1.29 is 0 Å². The molecule has 2 heterocycles. The Labute approximate surface area is 258 Å². The second kappa shape index (κ2) is 12.0. The van der Waals surface area contributed by atoms with Crippen LogP contribution in [-0.2, 0) is 0 Å². The summed E-state index contributed by atoms with van der Waals surface area (Å²) in [5, 5.41) is 3.70. The first-order valence-corrected chi connectivity index (χ1v) is 16.2. The Bertz CT molecular complexity index is 1880. The minimum absolute atomic E-state index is 0.910. The molecule has 1 aromatic heterocycles. The molecule has 1 saturated heterocycles. The third kappa shape index (κ3) is 4.96. The second-order valence-electron chi connectivity index (χ2n) is 10.1. The molecule has 0 saturated carbocycles. The first-order chi connectivity index (χ1) is 20.5. The molecule has 1 fully saturated rings. The van der Waals surface area contributed by atoms with E-state index in [4.69, 9.17) is 0 Å². The van der Waals surface area contributed by atoms with Crippen molar-refractivity contribution in [3.05, 3.63) is 162 Å². The largest absolute Gasteiger partial charge is 0.309 e. The standard InChI is InChI=1S/C37H33BrN3P/c1-5-15-29(6-2)40-28(4)35(24-22-27(3)38)41(42(40)32-18-11-8-12-19-32)31-23-25-37-34(26-31)33-20-13-14-21-36(33)39(37)30-16-9-7-10-17-30/h6-26H,2,4-5H2,1,3H3/b27-22+,29-15+,35-24+. The predicted octanol–water partition coefficient (Wildman–Crippen LogP) is 10.7. The van der Waals surface area contributed by atoms with Gasteiger partial charge < -0.3 is 4.57 Å². The number of halogens is 1. The van der Waals surface area contributed by atoms with Crippen LogP contribution in [0.1, 0.15) is 20.3 Å². The molecule has 0 aliphatic carbocycles. The first-order valence-electron chi connectivity index (χ1n) is 14.1. The molecule has 208 valence electrons. The summed E-state index contributed by atoms with van der Waals surface area (Å²) in [6.07, 6.45) is 9.38. The van der Waals surface area contributed by atoms with Crippen LogP contribution in [0.25, 0.3) is 27.5 Å². The van der Waals surface area contributed by atoms with E-state index in [-0.39, 0.29) is 0 Å². The van der Waals surface area contributed by atoms with Crippen molar-refractivity contribution in [3.63, 3.8) is 0 Å². The Kier molecular flexibility index (Phi) is 8.02. The van der Waals surface area contributed by atoms with Crippen molar-refractivity contribution >= 4 is 57.0 Å². The molecule has 6 rings (SSSR count). The van der Waals surface area contributed by atoms with Gasteiger partial charge in [-0.2, -0.15) is 0 Å². The highest BCUT2D eigenvalue weighted by Crippen LogP contribution is 2.60. The third-order valence-electron chi connectivity index (χ3n) is 7.40. The maximum Gasteiger partial charge on any atom is 0.138 e. The van der Waals surface area contributed by atoms with Crippen molar-refractivity contribution in [2.24, 2.45) is 0 Å². The van der Waals surface area contributed by atoms with E-state index < -0.39 is 8.22 Å². The highest BCUT2D eigenvalue weighted by Gasteiger charge is 2.41. The van der Waals surface area contributed by atoms with E-state index in [0.29, 0.717) is 0 Å². The van der Waals surface area contributed by atoms with Crippen LogP contribution in [0.4, 0.5) is 5.69 Å². The van der Waals surface area contributed by atoms with Crippen molar-refractivity contribution in [2.45, 2.75) is 20.3 Å².